The van der Waals surface area contributed by atoms with Gasteiger partial charge in [0.05, 0.1) is 6.10 Å². The van der Waals surface area contributed by atoms with E-state index in [4.69, 9.17) is 0 Å². The molecule has 2 aromatic rings. The van der Waals surface area contributed by atoms with Crippen molar-refractivity contribution in [2.45, 2.75) is 31.9 Å². The summed E-state index contributed by atoms with van der Waals surface area (Å²) in [5.74, 6) is 0.302. The Morgan fingerprint density at radius 2 is 1.67 bits per heavy atom. The molecule has 0 aromatic heterocycles. The molecule has 3 N–H and O–H groups in total. The van der Waals surface area contributed by atoms with Gasteiger partial charge in [-0.1, -0.05) is 42.5 Å². The van der Waals surface area contributed by atoms with Gasteiger partial charge in [-0.15, -0.1) is 0 Å². The van der Waals surface area contributed by atoms with Crippen LogP contribution in [0.3, 0.4) is 0 Å². The standard InChI is InChI=1S/C18H23NO2/c1-14(7-8-15-9-11-17(20)12-10-15)19-13-18(21)16-5-3-2-4-6-16/h2-6,9-12,14,18-21H,7-8,13H2,1H3/t14-,18+/m1/s1. The highest BCUT2D eigenvalue weighted by molar-refractivity contribution is 5.26. The summed E-state index contributed by atoms with van der Waals surface area (Å²) in [6.07, 6.45) is 1.48. The number of phenols is 1. The number of rotatable bonds is 7. The number of nitrogens with one attached hydrogen (secondary N) is 1. The fourth-order valence-corrected chi connectivity index (χ4v) is 2.25. The monoisotopic (exact) mass is 285 g/mol. The van der Waals surface area contributed by atoms with Crippen LogP contribution in [0, 0.1) is 0 Å². The van der Waals surface area contributed by atoms with Gasteiger partial charge < -0.3 is 15.5 Å². The predicted molar refractivity (Wildman–Crippen MR) is 85.3 cm³/mol. The van der Waals surface area contributed by atoms with E-state index in [1.54, 1.807) is 12.1 Å². The maximum Gasteiger partial charge on any atom is 0.115 e. The molecular weight excluding hydrogens is 262 g/mol. The smallest absolute Gasteiger partial charge is 0.115 e. The van der Waals surface area contributed by atoms with Gasteiger partial charge in [0.2, 0.25) is 0 Å². The average molecular weight is 285 g/mol. The van der Waals surface area contributed by atoms with Crippen LogP contribution < -0.4 is 5.32 Å². The summed E-state index contributed by atoms with van der Waals surface area (Å²) >= 11 is 0. The van der Waals surface area contributed by atoms with Gasteiger partial charge in [0, 0.05) is 12.6 Å². The SMILES string of the molecule is C[C@H](CCc1ccc(O)cc1)NC[C@H](O)c1ccccc1. The number of aryl methyl sites for hydroxylation is 1. The minimum Gasteiger partial charge on any atom is -0.508 e. The predicted octanol–water partition coefficient (Wildman–Crippen LogP) is 3.04. The molecule has 21 heavy (non-hydrogen) atoms. The van der Waals surface area contributed by atoms with E-state index < -0.39 is 6.10 Å². The molecule has 2 atom stereocenters. The van der Waals surface area contributed by atoms with Gasteiger partial charge in [-0.25, -0.2) is 0 Å². The number of hydrogen-bond acceptors (Lipinski definition) is 3. The zero-order valence-corrected chi connectivity index (χ0v) is 12.4. The molecule has 0 spiro atoms. The Balaban J connectivity index is 1.72. The number of aromatic hydroxyl groups is 1. The first-order valence-electron chi connectivity index (χ1n) is 7.39. The van der Waals surface area contributed by atoms with Crippen molar-refractivity contribution in [3.05, 3.63) is 65.7 Å². The first-order valence-corrected chi connectivity index (χ1v) is 7.39. The van der Waals surface area contributed by atoms with E-state index >= 15 is 0 Å². The van der Waals surface area contributed by atoms with E-state index in [2.05, 4.69) is 12.2 Å². The van der Waals surface area contributed by atoms with E-state index in [0.29, 0.717) is 18.3 Å². The summed E-state index contributed by atoms with van der Waals surface area (Å²) in [5, 5.41) is 22.7. The van der Waals surface area contributed by atoms with Crippen LogP contribution in [0.15, 0.2) is 54.6 Å². The minimum absolute atomic E-state index is 0.302. The summed E-state index contributed by atoms with van der Waals surface area (Å²) in [6.45, 7) is 2.68. The van der Waals surface area contributed by atoms with Crippen molar-refractivity contribution < 1.29 is 10.2 Å². The molecule has 0 bridgehead atoms. The van der Waals surface area contributed by atoms with Crippen molar-refractivity contribution in [1.29, 1.82) is 0 Å². The molecular formula is C18H23NO2. The fraction of sp³-hybridized carbons (Fsp3) is 0.333. The van der Waals surface area contributed by atoms with Gasteiger partial charge in [-0.05, 0) is 43.0 Å². The van der Waals surface area contributed by atoms with Gasteiger partial charge in [0.1, 0.15) is 5.75 Å². The minimum atomic E-state index is -0.470. The van der Waals surface area contributed by atoms with Gasteiger partial charge >= 0.3 is 0 Å². The van der Waals surface area contributed by atoms with Crippen LogP contribution in [0.4, 0.5) is 0 Å². The Hall–Kier alpha value is -1.84. The molecule has 2 aromatic carbocycles. The average Bonchev–Trinajstić information content (AvgIpc) is 2.53. The van der Waals surface area contributed by atoms with Crippen LogP contribution in [0.2, 0.25) is 0 Å². The second-order valence-corrected chi connectivity index (χ2v) is 5.44. The first-order chi connectivity index (χ1) is 10.1. The molecule has 0 unspecified atom stereocenters. The topological polar surface area (TPSA) is 52.5 Å². The summed E-state index contributed by atoms with van der Waals surface area (Å²) < 4.78 is 0. The largest absolute Gasteiger partial charge is 0.508 e. The van der Waals surface area contributed by atoms with Crippen LogP contribution in [0.5, 0.6) is 5.75 Å². The van der Waals surface area contributed by atoms with Crippen LogP contribution in [-0.2, 0) is 6.42 Å². The lowest BCUT2D eigenvalue weighted by Gasteiger charge is -2.17. The lowest BCUT2D eigenvalue weighted by atomic mass is 10.1. The van der Waals surface area contributed by atoms with Crippen molar-refractivity contribution in [3.63, 3.8) is 0 Å². The Morgan fingerprint density at radius 3 is 2.33 bits per heavy atom. The highest BCUT2D eigenvalue weighted by atomic mass is 16.3. The van der Waals surface area contributed by atoms with Crippen LogP contribution >= 0.6 is 0 Å². The maximum absolute atomic E-state index is 10.1. The van der Waals surface area contributed by atoms with Gasteiger partial charge in [0.25, 0.3) is 0 Å². The van der Waals surface area contributed by atoms with Crippen molar-refractivity contribution >= 4 is 0 Å². The van der Waals surface area contributed by atoms with E-state index in [1.165, 1.54) is 5.56 Å². The lowest BCUT2D eigenvalue weighted by molar-refractivity contribution is 0.170. The molecule has 0 saturated heterocycles. The lowest BCUT2D eigenvalue weighted by Crippen LogP contribution is -2.30. The fourth-order valence-electron chi connectivity index (χ4n) is 2.25. The first kappa shape index (κ1) is 15.5. The molecule has 3 heteroatoms. The number of aliphatic hydroxyl groups is 1. The molecule has 0 aliphatic carbocycles. The zero-order valence-electron chi connectivity index (χ0n) is 12.4. The third kappa shape index (κ3) is 5.21. The van der Waals surface area contributed by atoms with Crippen LogP contribution in [-0.4, -0.2) is 22.8 Å². The highest BCUT2D eigenvalue weighted by Crippen LogP contribution is 2.13. The molecule has 112 valence electrons. The molecule has 0 heterocycles. The number of phenolic OH excluding ortho intramolecular Hbond substituents is 1. The Labute approximate surface area is 126 Å². The van der Waals surface area contributed by atoms with Gasteiger partial charge in [-0.3, -0.25) is 0 Å². The molecule has 2 rings (SSSR count). The van der Waals surface area contributed by atoms with Crippen molar-refractivity contribution in [2.75, 3.05) is 6.54 Å². The molecule has 3 nitrogen and oxygen atoms in total. The van der Waals surface area contributed by atoms with Gasteiger partial charge in [-0.2, -0.15) is 0 Å². The highest BCUT2D eigenvalue weighted by Gasteiger charge is 2.09. The Morgan fingerprint density at radius 1 is 1.00 bits per heavy atom. The summed E-state index contributed by atoms with van der Waals surface area (Å²) in [7, 11) is 0. The third-order valence-electron chi connectivity index (χ3n) is 3.65. The second kappa shape index (κ2) is 7.81. The summed E-state index contributed by atoms with van der Waals surface area (Å²) in [5.41, 5.74) is 2.15. The summed E-state index contributed by atoms with van der Waals surface area (Å²) in [4.78, 5) is 0. The molecule has 0 saturated carbocycles. The van der Waals surface area contributed by atoms with Crippen LogP contribution in [0.25, 0.3) is 0 Å². The molecule has 0 radical (unpaired) electrons. The van der Waals surface area contributed by atoms with E-state index in [-0.39, 0.29) is 0 Å². The van der Waals surface area contributed by atoms with Gasteiger partial charge in [0.15, 0.2) is 0 Å². The van der Waals surface area contributed by atoms with E-state index in [9.17, 15) is 10.2 Å². The molecule has 0 aliphatic rings. The quantitative estimate of drug-likeness (QED) is 0.733. The number of aliphatic hydroxyl groups excluding tert-OH is 1. The normalized spacial score (nSPS) is 13.8. The van der Waals surface area contributed by atoms with Crippen molar-refractivity contribution in [3.8, 4) is 5.75 Å². The zero-order chi connectivity index (χ0) is 15.1. The van der Waals surface area contributed by atoms with Crippen molar-refractivity contribution in [1.82, 2.24) is 5.32 Å². The Kier molecular flexibility index (Phi) is 5.78. The van der Waals surface area contributed by atoms with E-state index in [0.717, 1.165) is 18.4 Å². The third-order valence-corrected chi connectivity index (χ3v) is 3.65. The maximum atomic E-state index is 10.1. The number of hydrogen-bond donors (Lipinski definition) is 3. The van der Waals surface area contributed by atoms with Crippen LogP contribution in [0.1, 0.15) is 30.6 Å². The summed E-state index contributed by atoms with van der Waals surface area (Å²) in [6, 6.07) is 17.3. The molecule has 0 aliphatic heterocycles. The molecule has 0 fully saturated rings. The number of benzene rings is 2. The molecule has 0 amide bonds. The second-order valence-electron chi connectivity index (χ2n) is 5.44. The van der Waals surface area contributed by atoms with Crippen molar-refractivity contribution in [2.24, 2.45) is 0 Å². The Bertz CT molecular complexity index is 525. The van der Waals surface area contributed by atoms with E-state index in [1.807, 2.05) is 42.5 Å².